The van der Waals surface area contributed by atoms with Crippen LogP contribution in [0.4, 0.5) is 8.78 Å². The minimum atomic E-state index is -1.43. The molecular formula is C6H9F2O. The van der Waals surface area contributed by atoms with Crippen molar-refractivity contribution in [3.05, 3.63) is 6.43 Å². The maximum Gasteiger partial charge on any atom is 0.313 e. The van der Waals surface area contributed by atoms with Crippen LogP contribution in [0.1, 0.15) is 12.8 Å². The molecule has 0 aliphatic carbocycles. The van der Waals surface area contributed by atoms with Crippen molar-refractivity contribution in [2.24, 2.45) is 5.92 Å². The van der Waals surface area contributed by atoms with Gasteiger partial charge >= 0.3 is 6.43 Å². The molecule has 0 aromatic carbocycles. The molecule has 1 aliphatic heterocycles. The van der Waals surface area contributed by atoms with E-state index in [1.54, 1.807) is 0 Å². The molecule has 0 atom stereocenters. The number of hydrogen-bond acceptors (Lipinski definition) is 1. The molecule has 1 rings (SSSR count). The zero-order valence-electron chi connectivity index (χ0n) is 5.07. The van der Waals surface area contributed by atoms with E-state index < -0.39 is 12.3 Å². The predicted molar refractivity (Wildman–Crippen MR) is 29.0 cm³/mol. The molecule has 0 aromatic rings. The first kappa shape index (κ1) is 6.93. The maximum atomic E-state index is 11.8. The molecule has 9 heavy (non-hydrogen) atoms. The lowest BCUT2D eigenvalue weighted by Crippen LogP contribution is -2.17. The van der Waals surface area contributed by atoms with Gasteiger partial charge in [0.2, 0.25) is 0 Å². The summed E-state index contributed by atoms with van der Waals surface area (Å²) in [5, 5.41) is 0. The Morgan fingerprint density at radius 3 is 2.11 bits per heavy atom. The number of rotatable bonds is 1. The zero-order valence-corrected chi connectivity index (χ0v) is 5.07. The quantitative estimate of drug-likeness (QED) is 0.533. The average Bonchev–Trinajstić information content (AvgIpc) is 1.90. The molecule has 1 fully saturated rings. The van der Waals surface area contributed by atoms with Crippen LogP contribution in [0, 0.1) is 12.3 Å². The van der Waals surface area contributed by atoms with E-state index in [1.165, 1.54) is 0 Å². The summed E-state index contributed by atoms with van der Waals surface area (Å²) < 4.78 is 28.5. The summed E-state index contributed by atoms with van der Waals surface area (Å²) in [7, 11) is 0. The average molecular weight is 135 g/mol. The Morgan fingerprint density at radius 2 is 1.78 bits per heavy atom. The molecule has 0 amide bonds. The Bertz CT molecular complexity index is 79.1. The van der Waals surface area contributed by atoms with Crippen LogP contribution in [0.15, 0.2) is 0 Å². The van der Waals surface area contributed by atoms with Gasteiger partial charge < -0.3 is 4.74 Å². The summed E-state index contributed by atoms with van der Waals surface area (Å²) in [5.41, 5.74) is 0. The lowest BCUT2D eigenvalue weighted by atomic mass is 10.0. The van der Waals surface area contributed by atoms with Crippen LogP contribution in [0.2, 0.25) is 0 Å². The van der Waals surface area contributed by atoms with Crippen molar-refractivity contribution >= 4 is 0 Å². The highest BCUT2D eigenvalue weighted by atomic mass is 19.3. The summed E-state index contributed by atoms with van der Waals surface area (Å²) in [6.45, 7) is 0.976. The SMILES string of the molecule is F[C](F)C1CCOCC1. The van der Waals surface area contributed by atoms with Crippen molar-refractivity contribution in [1.82, 2.24) is 0 Å². The van der Waals surface area contributed by atoms with Gasteiger partial charge in [0.25, 0.3) is 0 Å². The molecule has 1 nitrogen and oxygen atoms in total. The minimum absolute atomic E-state index is 0.487. The third-order valence-electron chi connectivity index (χ3n) is 1.53. The maximum absolute atomic E-state index is 11.8. The second-order valence-corrected chi connectivity index (χ2v) is 2.18. The van der Waals surface area contributed by atoms with Gasteiger partial charge in [-0.1, -0.05) is 0 Å². The first-order valence-corrected chi connectivity index (χ1v) is 3.06. The van der Waals surface area contributed by atoms with E-state index in [-0.39, 0.29) is 0 Å². The first-order valence-electron chi connectivity index (χ1n) is 3.06. The van der Waals surface area contributed by atoms with Crippen molar-refractivity contribution in [3.63, 3.8) is 0 Å². The van der Waals surface area contributed by atoms with Gasteiger partial charge in [0, 0.05) is 19.1 Å². The van der Waals surface area contributed by atoms with Crippen LogP contribution in [0.25, 0.3) is 0 Å². The predicted octanol–water partition coefficient (Wildman–Crippen LogP) is 1.84. The van der Waals surface area contributed by atoms with Crippen LogP contribution < -0.4 is 0 Å². The molecular weight excluding hydrogens is 126 g/mol. The fourth-order valence-corrected chi connectivity index (χ4v) is 0.916. The number of ether oxygens (including phenoxy) is 1. The fourth-order valence-electron chi connectivity index (χ4n) is 0.916. The van der Waals surface area contributed by atoms with Gasteiger partial charge in [-0.05, 0) is 12.8 Å². The highest BCUT2D eigenvalue weighted by molar-refractivity contribution is 4.76. The Balaban J connectivity index is 2.23. The van der Waals surface area contributed by atoms with Crippen LogP contribution in [0.3, 0.4) is 0 Å². The largest absolute Gasteiger partial charge is 0.381 e. The van der Waals surface area contributed by atoms with Crippen LogP contribution in [-0.4, -0.2) is 13.2 Å². The topological polar surface area (TPSA) is 9.23 Å². The van der Waals surface area contributed by atoms with E-state index >= 15 is 0 Å². The summed E-state index contributed by atoms with van der Waals surface area (Å²) in [6, 6.07) is 0. The lowest BCUT2D eigenvalue weighted by molar-refractivity contribution is 0.0399. The van der Waals surface area contributed by atoms with Crippen molar-refractivity contribution in [3.8, 4) is 0 Å². The van der Waals surface area contributed by atoms with E-state index in [2.05, 4.69) is 0 Å². The van der Waals surface area contributed by atoms with E-state index in [0.29, 0.717) is 26.1 Å². The smallest absolute Gasteiger partial charge is 0.313 e. The van der Waals surface area contributed by atoms with Gasteiger partial charge in [0.15, 0.2) is 0 Å². The first-order chi connectivity index (χ1) is 4.30. The number of hydrogen-bond donors (Lipinski definition) is 0. The molecule has 0 spiro atoms. The molecule has 0 saturated carbocycles. The van der Waals surface area contributed by atoms with Gasteiger partial charge in [-0.3, -0.25) is 0 Å². The monoisotopic (exact) mass is 135 g/mol. The van der Waals surface area contributed by atoms with Crippen molar-refractivity contribution in [2.75, 3.05) is 13.2 Å². The van der Waals surface area contributed by atoms with E-state index in [0.717, 1.165) is 0 Å². The molecule has 1 heterocycles. The van der Waals surface area contributed by atoms with Gasteiger partial charge in [-0.2, -0.15) is 8.78 Å². The summed E-state index contributed by atoms with van der Waals surface area (Å²) in [4.78, 5) is 0. The zero-order chi connectivity index (χ0) is 6.69. The van der Waals surface area contributed by atoms with Crippen LogP contribution >= 0.6 is 0 Å². The minimum Gasteiger partial charge on any atom is -0.381 e. The highest BCUT2D eigenvalue weighted by Crippen LogP contribution is 2.26. The van der Waals surface area contributed by atoms with Gasteiger partial charge in [-0.15, -0.1) is 0 Å². The molecule has 0 aromatic heterocycles. The second kappa shape index (κ2) is 3.11. The van der Waals surface area contributed by atoms with Crippen molar-refractivity contribution in [2.45, 2.75) is 12.8 Å². The van der Waals surface area contributed by atoms with Crippen LogP contribution in [-0.2, 0) is 4.74 Å². The Hall–Kier alpha value is -0.180. The summed E-state index contributed by atoms with van der Waals surface area (Å²) >= 11 is 0. The summed E-state index contributed by atoms with van der Waals surface area (Å²) in [5.74, 6) is -0.487. The summed E-state index contributed by atoms with van der Waals surface area (Å²) in [6.07, 6.45) is -0.455. The molecule has 53 valence electrons. The van der Waals surface area contributed by atoms with Crippen molar-refractivity contribution in [1.29, 1.82) is 0 Å². The van der Waals surface area contributed by atoms with Gasteiger partial charge in [-0.25, -0.2) is 0 Å². The Labute approximate surface area is 53.0 Å². The molecule has 0 N–H and O–H groups in total. The lowest BCUT2D eigenvalue weighted by Gasteiger charge is -2.19. The number of halogens is 2. The molecule has 1 saturated heterocycles. The second-order valence-electron chi connectivity index (χ2n) is 2.18. The molecule has 0 unspecified atom stereocenters. The molecule has 0 bridgehead atoms. The van der Waals surface area contributed by atoms with E-state index in [4.69, 9.17) is 4.74 Å². The third-order valence-corrected chi connectivity index (χ3v) is 1.53. The van der Waals surface area contributed by atoms with Crippen molar-refractivity contribution < 1.29 is 13.5 Å². The van der Waals surface area contributed by atoms with Gasteiger partial charge in [0.1, 0.15) is 0 Å². The Morgan fingerprint density at radius 1 is 1.22 bits per heavy atom. The highest BCUT2D eigenvalue weighted by Gasteiger charge is 2.24. The van der Waals surface area contributed by atoms with E-state index in [9.17, 15) is 8.78 Å². The van der Waals surface area contributed by atoms with E-state index in [1.807, 2.05) is 0 Å². The molecule has 1 aliphatic rings. The van der Waals surface area contributed by atoms with Gasteiger partial charge in [0.05, 0.1) is 0 Å². The molecule has 1 radical (unpaired) electrons. The third kappa shape index (κ3) is 1.90. The molecule has 3 heteroatoms. The van der Waals surface area contributed by atoms with Crippen LogP contribution in [0.5, 0.6) is 0 Å². The fraction of sp³-hybridized carbons (Fsp3) is 0.833. The normalized spacial score (nSPS) is 23.0. The Kier molecular flexibility index (Phi) is 2.39. The standard InChI is InChI=1S/C6H9F2O/c7-6(8)5-1-3-9-4-2-5/h5H,1-4H2.